The van der Waals surface area contributed by atoms with Crippen LogP contribution in [-0.4, -0.2) is 6.88 Å². The van der Waals surface area contributed by atoms with Gasteiger partial charge in [-0.25, -0.2) is 5.57 Å². The SMILES string of the molecule is CCC1=[C-]C(C2=CC=CC2)C(CC)=C1CC.Cl.Cl.[CH3-].[CH3-].[SiH2]=[Zr]. The summed E-state index contributed by atoms with van der Waals surface area (Å²) in [5.41, 5.74) is 6.21. The van der Waals surface area contributed by atoms with Gasteiger partial charge in [0.25, 0.3) is 0 Å². The monoisotopic (exact) mass is 435 g/mol. The van der Waals surface area contributed by atoms with E-state index >= 15 is 0 Å². The van der Waals surface area contributed by atoms with Gasteiger partial charge >= 0.3 is 30.2 Å². The van der Waals surface area contributed by atoms with Gasteiger partial charge < -0.3 is 14.9 Å². The van der Waals surface area contributed by atoms with E-state index in [9.17, 15) is 0 Å². The maximum atomic E-state index is 3.72. The maximum absolute atomic E-state index is 3.72. The number of rotatable bonds is 4. The Hall–Kier alpha value is 0.640. The molecule has 0 fully saturated rings. The molecule has 128 valence electrons. The van der Waals surface area contributed by atoms with E-state index in [4.69, 9.17) is 0 Å². The summed E-state index contributed by atoms with van der Waals surface area (Å²) >= 11 is 1.58. The molecule has 22 heavy (non-hydrogen) atoms. The van der Waals surface area contributed by atoms with Crippen LogP contribution in [0, 0.1) is 26.8 Å². The molecule has 2 aliphatic carbocycles. The molecule has 0 saturated carbocycles. The van der Waals surface area contributed by atoms with Crippen LogP contribution in [0.15, 0.2) is 40.5 Å². The van der Waals surface area contributed by atoms with Crippen molar-refractivity contribution in [3.63, 3.8) is 0 Å². The van der Waals surface area contributed by atoms with E-state index in [-0.39, 0.29) is 39.7 Å². The number of hydrogen-bond donors (Lipinski definition) is 0. The van der Waals surface area contributed by atoms with Crippen LogP contribution >= 0.6 is 24.8 Å². The first-order chi connectivity index (χ1) is 8.81. The summed E-state index contributed by atoms with van der Waals surface area (Å²) in [7, 11) is 0. The van der Waals surface area contributed by atoms with Crippen molar-refractivity contribution in [2.24, 2.45) is 5.92 Å². The standard InChI is InChI=1S/C16H21.2CH3.2ClH.H2Si.Zr/c1-4-12-11-16(13-9-7-8-10-13)15(6-3)14(12)5-2;;;;;;/h7-9,16H,4-6,10H2,1-3H3;2*1H3;2*1H;1H2;/q3*-1;;;;. The summed E-state index contributed by atoms with van der Waals surface area (Å²) in [6, 6.07) is 0. The second-order valence-electron chi connectivity index (χ2n) is 4.49. The second kappa shape index (κ2) is 16.5. The fourth-order valence-corrected chi connectivity index (χ4v) is 2.88. The molecule has 0 N–H and O–H groups in total. The molecule has 0 amide bonds. The quantitative estimate of drug-likeness (QED) is 0.398. The Kier molecular flexibility index (Phi) is 22.9. The fourth-order valence-electron chi connectivity index (χ4n) is 2.88. The number of allylic oxidation sites excluding steroid dienone is 8. The minimum atomic E-state index is 0. The second-order valence-corrected chi connectivity index (χ2v) is 4.49. The van der Waals surface area contributed by atoms with Crippen molar-refractivity contribution in [2.45, 2.75) is 46.5 Å². The Morgan fingerprint density at radius 1 is 1.09 bits per heavy atom. The van der Waals surface area contributed by atoms with Crippen molar-refractivity contribution >= 4 is 31.7 Å². The summed E-state index contributed by atoms with van der Waals surface area (Å²) in [4.78, 5) is 0. The van der Waals surface area contributed by atoms with Gasteiger partial charge in [0.1, 0.15) is 0 Å². The summed E-state index contributed by atoms with van der Waals surface area (Å²) < 4.78 is 0. The zero-order valence-corrected chi connectivity index (χ0v) is 20.2. The normalized spacial score (nSPS) is 17.6. The third kappa shape index (κ3) is 7.04. The summed E-state index contributed by atoms with van der Waals surface area (Å²) in [6.45, 7) is 8.74. The molecule has 0 aromatic carbocycles. The van der Waals surface area contributed by atoms with E-state index in [1.165, 1.54) is 17.6 Å². The van der Waals surface area contributed by atoms with Crippen LogP contribution in [0.3, 0.4) is 0 Å². The van der Waals surface area contributed by atoms with Gasteiger partial charge in [-0.1, -0.05) is 69.8 Å². The first-order valence-corrected chi connectivity index (χ1v) is 12.8. The van der Waals surface area contributed by atoms with Gasteiger partial charge in [0.2, 0.25) is 0 Å². The van der Waals surface area contributed by atoms with Gasteiger partial charge in [-0.15, -0.1) is 24.8 Å². The van der Waals surface area contributed by atoms with Gasteiger partial charge in [-0.3, -0.25) is 6.08 Å². The van der Waals surface area contributed by atoms with Gasteiger partial charge in [-0.2, -0.15) is 11.1 Å². The summed E-state index contributed by atoms with van der Waals surface area (Å²) in [5.74, 6) is 0.491. The average molecular weight is 438 g/mol. The molecule has 2 rings (SSSR count). The Labute approximate surface area is 168 Å². The van der Waals surface area contributed by atoms with Gasteiger partial charge in [0.05, 0.1) is 0 Å². The molecule has 0 heterocycles. The predicted molar refractivity (Wildman–Crippen MR) is 106 cm³/mol. The average Bonchev–Trinajstić information content (AvgIpc) is 3.06. The Balaban J connectivity index is -0.000000259. The van der Waals surface area contributed by atoms with Gasteiger partial charge in [0, 0.05) is 0 Å². The molecule has 0 aliphatic heterocycles. The van der Waals surface area contributed by atoms with E-state index in [2.05, 4.69) is 45.1 Å². The first kappa shape index (κ1) is 30.5. The predicted octanol–water partition coefficient (Wildman–Crippen LogP) is 5.58. The van der Waals surface area contributed by atoms with Crippen molar-refractivity contribution in [1.29, 1.82) is 0 Å². The van der Waals surface area contributed by atoms with Gasteiger partial charge in [-0.05, 0) is 6.42 Å². The van der Waals surface area contributed by atoms with E-state index in [0.29, 0.717) is 5.92 Å². The van der Waals surface area contributed by atoms with Crippen LogP contribution in [0.25, 0.3) is 0 Å². The molecule has 0 aromatic rings. The van der Waals surface area contributed by atoms with Crippen LogP contribution in [0.2, 0.25) is 0 Å². The van der Waals surface area contributed by atoms with Crippen molar-refractivity contribution in [3.8, 4) is 0 Å². The molecule has 0 saturated heterocycles. The van der Waals surface area contributed by atoms with Gasteiger partial charge in [0.15, 0.2) is 0 Å². The molecule has 0 aromatic heterocycles. The van der Waals surface area contributed by atoms with Crippen LogP contribution < -0.4 is 0 Å². The van der Waals surface area contributed by atoms with E-state index in [1.54, 1.807) is 34.5 Å². The van der Waals surface area contributed by atoms with Crippen LogP contribution in [-0.2, 0) is 23.3 Å². The zero-order chi connectivity index (χ0) is 13.5. The molecule has 1 atom stereocenters. The van der Waals surface area contributed by atoms with E-state index in [1.807, 2.05) is 6.88 Å². The molecule has 1 unspecified atom stereocenters. The fraction of sp³-hybridized carbons (Fsp3) is 0.444. The summed E-state index contributed by atoms with van der Waals surface area (Å²) in [5, 5.41) is 0. The molecule has 0 bridgehead atoms. The Morgan fingerprint density at radius 2 is 1.68 bits per heavy atom. The third-order valence-electron chi connectivity index (χ3n) is 3.68. The Morgan fingerprint density at radius 3 is 2.05 bits per heavy atom. The third-order valence-corrected chi connectivity index (χ3v) is 3.68. The molecule has 4 heteroatoms. The van der Waals surface area contributed by atoms with Crippen molar-refractivity contribution in [3.05, 3.63) is 61.4 Å². The molecule has 0 spiro atoms. The molecular weight excluding hydrogens is 406 g/mol. The van der Waals surface area contributed by atoms with Crippen molar-refractivity contribution in [1.82, 2.24) is 0 Å². The summed E-state index contributed by atoms with van der Waals surface area (Å²) in [6.07, 6.45) is 15.0. The van der Waals surface area contributed by atoms with Crippen LogP contribution in [0.5, 0.6) is 0 Å². The zero-order valence-electron chi connectivity index (χ0n) is 14.7. The Bertz CT molecular complexity index is 423. The molecule has 0 radical (unpaired) electrons. The van der Waals surface area contributed by atoms with Crippen LogP contribution in [0.4, 0.5) is 0 Å². The van der Waals surface area contributed by atoms with Crippen molar-refractivity contribution in [2.75, 3.05) is 0 Å². The van der Waals surface area contributed by atoms with E-state index in [0.717, 1.165) is 19.3 Å². The topological polar surface area (TPSA) is 0 Å². The first-order valence-electron chi connectivity index (χ1n) is 6.87. The van der Waals surface area contributed by atoms with E-state index < -0.39 is 0 Å². The molecule has 2 aliphatic rings. The number of halogens is 2. The van der Waals surface area contributed by atoms with Crippen molar-refractivity contribution < 1.29 is 23.3 Å². The van der Waals surface area contributed by atoms with Crippen LogP contribution in [0.1, 0.15) is 46.5 Å². The molecular formula is C18H31Cl2SiZr-3. The number of hydrogen-bond acceptors (Lipinski definition) is 0. The molecule has 0 nitrogen and oxygen atoms in total. The minimum absolute atomic E-state index is 0.